The molecule has 0 aliphatic carbocycles. The van der Waals surface area contributed by atoms with Crippen LogP contribution in [0.1, 0.15) is 36.1 Å². The van der Waals surface area contributed by atoms with E-state index in [0.29, 0.717) is 23.6 Å². The number of nitrogens with zero attached hydrogens (tertiary/aromatic N) is 1. The third kappa shape index (κ3) is 5.95. The number of carbonyl (C=O) groups is 2. The fourth-order valence-corrected chi connectivity index (χ4v) is 3.01. The SMILES string of the molecule is CCOc1ccc(/C=C(\C#N)C(=O)O[C@H](C)C(=O)Nc2c(C)cc(C)cc2C)cc1. The molecule has 0 unspecified atom stereocenters. The molecule has 0 aliphatic heterocycles. The number of hydrogen-bond donors (Lipinski definition) is 1. The summed E-state index contributed by atoms with van der Waals surface area (Å²) in [5.74, 6) is -0.620. The quantitative estimate of drug-likeness (QED) is 0.416. The molecular formula is C24H26N2O4. The maximum atomic E-state index is 12.5. The molecule has 30 heavy (non-hydrogen) atoms. The van der Waals surface area contributed by atoms with Crippen molar-refractivity contribution in [2.24, 2.45) is 0 Å². The van der Waals surface area contributed by atoms with Gasteiger partial charge in [-0.2, -0.15) is 5.26 Å². The van der Waals surface area contributed by atoms with Gasteiger partial charge in [-0.25, -0.2) is 4.79 Å². The molecule has 0 spiro atoms. The molecule has 0 aliphatic rings. The van der Waals surface area contributed by atoms with Gasteiger partial charge in [0.15, 0.2) is 6.10 Å². The molecule has 0 saturated carbocycles. The maximum absolute atomic E-state index is 12.5. The van der Waals surface area contributed by atoms with E-state index in [9.17, 15) is 14.9 Å². The summed E-state index contributed by atoms with van der Waals surface area (Å²) in [5, 5.41) is 12.1. The zero-order valence-corrected chi connectivity index (χ0v) is 17.9. The highest BCUT2D eigenvalue weighted by molar-refractivity contribution is 6.01. The van der Waals surface area contributed by atoms with Crippen LogP contribution in [0.15, 0.2) is 42.0 Å². The molecule has 0 saturated heterocycles. The number of nitrogens with one attached hydrogen (secondary N) is 1. The van der Waals surface area contributed by atoms with Crippen LogP contribution in [0.5, 0.6) is 5.75 Å². The Bertz CT molecular complexity index is 978. The number of hydrogen-bond acceptors (Lipinski definition) is 5. The van der Waals surface area contributed by atoms with Crippen molar-refractivity contribution in [3.05, 3.63) is 64.2 Å². The largest absolute Gasteiger partial charge is 0.494 e. The van der Waals surface area contributed by atoms with Gasteiger partial charge in [-0.15, -0.1) is 0 Å². The Hall–Kier alpha value is -3.59. The number of nitriles is 1. The Labute approximate surface area is 177 Å². The summed E-state index contributed by atoms with van der Waals surface area (Å²) in [4.78, 5) is 24.9. The van der Waals surface area contributed by atoms with Crippen LogP contribution in [-0.4, -0.2) is 24.6 Å². The molecule has 1 atom stereocenters. The van der Waals surface area contributed by atoms with Crippen LogP contribution >= 0.6 is 0 Å². The van der Waals surface area contributed by atoms with Crippen LogP contribution < -0.4 is 10.1 Å². The van der Waals surface area contributed by atoms with Crippen molar-refractivity contribution >= 4 is 23.6 Å². The van der Waals surface area contributed by atoms with Gasteiger partial charge in [-0.05, 0) is 69.5 Å². The lowest BCUT2D eigenvalue weighted by atomic mass is 10.0. The highest BCUT2D eigenvalue weighted by atomic mass is 16.5. The fraction of sp³-hybridized carbons (Fsp3) is 0.292. The first-order chi connectivity index (χ1) is 14.2. The van der Waals surface area contributed by atoms with E-state index < -0.39 is 18.0 Å². The highest BCUT2D eigenvalue weighted by Crippen LogP contribution is 2.22. The summed E-state index contributed by atoms with van der Waals surface area (Å²) in [6.07, 6.45) is 0.353. The van der Waals surface area contributed by atoms with E-state index in [0.717, 1.165) is 16.7 Å². The topological polar surface area (TPSA) is 88.4 Å². The second-order valence-electron chi connectivity index (χ2n) is 6.98. The number of benzene rings is 2. The van der Waals surface area contributed by atoms with Crippen molar-refractivity contribution in [1.82, 2.24) is 0 Å². The van der Waals surface area contributed by atoms with Gasteiger partial charge in [0, 0.05) is 5.69 Å². The zero-order valence-electron chi connectivity index (χ0n) is 17.9. The molecule has 2 aromatic rings. The summed E-state index contributed by atoms with van der Waals surface area (Å²) in [7, 11) is 0. The van der Waals surface area contributed by atoms with Gasteiger partial charge in [0.05, 0.1) is 6.61 Å². The summed E-state index contributed by atoms with van der Waals surface area (Å²) >= 11 is 0. The Morgan fingerprint density at radius 2 is 1.73 bits per heavy atom. The second-order valence-corrected chi connectivity index (χ2v) is 6.98. The summed E-state index contributed by atoms with van der Waals surface area (Å²) in [5.41, 5.74) is 4.09. The molecule has 1 N–H and O–H groups in total. The predicted molar refractivity (Wildman–Crippen MR) is 116 cm³/mol. The third-order valence-electron chi connectivity index (χ3n) is 4.42. The van der Waals surface area contributed by atoms with Crippen molar-refractivity contribution in [1.29, 1.82) is 5.26 Å². The Kier molecular flexibility index (Phi) is 7.76. The lowest BCUT2D eigenvalue weighted by Crippen LogP contribution is -2.30. The van der Waals surface area contributed by atoms with Crippen LogP contribution in [-0.2, 0) is 14.3 Å². The average Bonchev–Trinajstić information content (AvgIpc) is 2.69. The minimum atomic E-state index is -1.06. The molecule has 0 fully saturated rings. The molecular weight excluding hydrogens is 380 g/mol. The van der Waals surface area contributed by atoms with Crippen molar-refractivity contribution < 1.29 is 19.1 Å². The second kappa shape index (κ2) is 10.3. The van der Waals surface area contributed by atoms with Gasteiger partial charge in [-0.1, -0.05) is 29.8 Å². The van der Waals surface area contributed by atoms with Gasteiger partial charge in [0.25, 0.3) is 5.91 Å². The van der Waals surface area contributed by atoms with Crippen LogP contribution in [0.3, 0.4) is 0 Å². The number of amides is 1. The van der Waals surface area contributed by atoms with Gasteiger partial charge < -0.3 is 14.8 Å². The van der Waals surface area contributed by atoms with E-state index in [1.165, 1.54) is 13.0 Å². The van der Waals surface area contributed by atoms with Crippen molar-refractivity contribution in [2.75, 3.05) is 11.9 Å². The first-order valence-electron chi connectivity index (χ1n) is 9.69. The number of rotatable bonds is 7. The number of carbonyl (C=O) groups excluding carboxylic acids is 2. The Morgan fingerprint density at radius 3 is 2.27 bits per heavy atom. The molecule has 6 nitrogen and oxygen atoms in total. The molecule has 6 heteroatoms. The average molecular weight is 406 g/mol. The summed E-state index contributed by atoms with van der Waals surface area (Å²) < 4.78 is 10.6. The first kappa shape index (κ1) is 22.7. The van der Waals surface area contributed by atoms with E-state index in [-0.39, 0.29) is 5.57 Å². The molecule has 1 amide bonds. The smallest absolute Gasteiger partial charge is 0.349 e. The van der Waals surface area contributed by atoms with Gasteiger partial charge in [0.2, 0.25) is 0 Å². The monoisotopic (exact) mass is 406 g/mol. The highest BCUT2D eigenvalue weighted by Gasteiger charge is 2.21. The number of anilines is 1. The number of ether oxygens (including phenoxy) is 2. The Morgan fingerprint density at radius 1 is 1.13 bits per heavy atom. The molecule has 156 valence electrons. The lowest BCUT2D eigenvalue weighted by molar-refractivity contribution is -0.148. The van der Waals surface area contributed by atoms with Crippen LogP contribution in [0.4, 0.5) is 5.69 Å². The van der Waals surface area contributed by atoms with E-state index >= 15 is 0 Å². The Balaban J connectivity index is 2.07. The summed E-state index contributed by atoms with van der Waals surface area (Å²) in [6, 6.07) is 12.7. The lowest BCUT2D eigenvalue weighted by Gasteiger charge is -2.16. The van der Waals surface area contributed by atoms with Crippen LogP contribution in [0.25, 0.3) is 6.08 Å². The molecule has 0 heterocycles. The molecule has 2 rings (SSSR count). The zero-order chi connectivity index (χ0) is 22.3. The van der Waals surface area contributed by atoms with E-state index in [1.807, 2.05) is 45.9 Å². The molecule has 2 aromatic carbocycles. The number of aryl methyl sites for hydroxylation is 3. The van der Waals surface area contributed by atoms with Gasteiger partial charge in [-0.3, -0.25) is 4.79 Å². The summed E-state index contributed by atoms with van der Waals surface area (Å²) in [6.45, 7) is 9.69. The molecule has 0 bridgehead atoms. The molecule has 0 aromatic heterocycles. The van der Waals surface area contributed by atoms with Gasteiger partial charge >= 0.3 is 5.97 Å². The van der Waals surface area contributed by atoms with Gasteiger partial charge in [0.1, 0.15) is 17.4 Å². The minimum Gasteiger partial charge on any atom is -0.494 e. The van der Waals surface area contributed by atoms with Crippen LogP contribution in [0.2, 0.25) is 0 Å². The fourth-order valence-electron chi connectivity index (χ4n) is 3.01. The maximum Gasteiger partial charge on any atom is 0.349 e. The van der Waals surface area contributed by atoms with E-state index in [2.05, 4.69) is 5.32 Å². The third-order valence-corrected chi connectivity index (χ3v) is 4.42. The van der Waals surface area contributed by atoms with Crippen LogP contribution in [0, 0.1) is 32.1 Å². The standard InChI is InChI=1S/C24H26N2O4/c1-6-29-21-9-7-19(8-10-21)13-20(14-25)24(28)30-18(5)23(27)26-22-16(3)11-15(2)12-17(22)4/h7-13,18H,6H2,1-5H3,(H,26,27)/b20-13+/t18-/m1/s1. The predicted octanol–water partition coefficient (Wildman–Crippen LogP) is 4.49. The van der Waals surface area contributed by atoms with Crippen molar-refractivity contribution in [3.8, 4) is 11.8 Å². The molecule has 0 radical (unpaired) electrons. The minimum absolute atomic E-state index is 0.193. The van der Waals surface area contributed by atoms with E-state index in [1.54, 1.807) is 24.3 Å². The first-order valence-corrected chi connectivity index (χ1v) is 9.69. The normalized spacial score (nSPS) is 11.9. The van der Waals surface area contributed by atoms with Crippen molar-refractivity contribution in [2.45, 2.75) is 40.7 Å². The van der Waals surface area contributed by atoms with E-state index in [4.69, 9.17) is 9.47 Å². The number of esters is 1. The van der Waals surface area contributed by atoms with Crippen molar-refractivity contribution in [3.63, 3.8) is 0 Å².